The molecule has 0 aliphatic carbocycles. The van der Waals surface area contributed by atoms with Gasteiger partial charge >= 0.3 is 5.97 Å². The number of hydrogen-bond donors (Lipinski definition) is 3. The van der Waals surface area contributed by atoms with Crippen LogP contribution in [-0.2, 0) is 30.3 Å². The van der Waals surface area contributed by atoms with Gasteiger partial charge in [-0.1, -0.05) is 17.4 Å². The van der Waals surface area contributed by atoms with Gasteiger partial charge in [0.15, 0.2) is 17.4 Å². The first-order chi connectivity index (χ1) is 14.3. The molecule has 2 unspecified atom stereocenters. The van der Waals surface area contributed by atoms with Crippen molar-refractivity contribution in [3.8, 4) is 0 Å². The summed E-state index contributed by atoms with van der Waals surface area (Å²) in [5, 5.41) is 17.0. The highest BCUT2D eigenvalue weighted by atomic mass is 32.1. The number of carboxylic acids is 1. The summed E-state index contributed by atoms with van der Waals surface area (Å²) in [4.78, 5) is 54.4. The lowest BCUT2D eigenvalue weighted by molar-refractivity contribution is -0.182. The van der Waals surface area contributed by atoms with E-state index in [1.807, 2.05) is 17.5 Å². The summed E-state index contributed by atoms with van der Waals surface area (Å²) < 4.78 is 5.70. The van der Waals surface area contributed by atoms with Crippen molar-refractivity contribution in [2.24, 2.45) is 0 Å². The Morgan fingerprint density at radius 2 is 2.20 bits per heavy atom. The number of carbonyl (C=O) groups excluding carboxylic acids is 3. The van der Waals surface area contributed by atoms with E-state index in [9.17, 15) is 24.3 Å². The summed E-state index contributed by atoms with van der Waals surface area (Å²) in [6, 6.07) is 2.71. The van der Waals surface area contributed by atoms with Gasteiger partial charge in [0.1, 0.15) is 5.70 Å². The summed E-state index contributed by atoms with van der Waals surface area (Å²) in [6.45, 7) is 1.26. The summed E-state index contributed by atoms with van der Waals surface area (Å²) >= 11 is 2.51. The lowest BCUT2D eigenvalue weighted by Gasteiger charge is -2.49. The topological polar surface area (TPSA) is 138 Å². The number of aliphatic carboxylic acids is 1. The Kier molecular flexibility index (Phi) is 5.37. The molecule has 2 aromatic heterocycles. The van der Waals surface area contributed by atoms with Gasteiger partial charge in [0, 0.05) is 23.6 Å². The Morgan fingerprint density at radius 1 is 1.40 bits per heavy atom. The predicted octanol–water partition coefficient (Wildman–Crippen LogP) is 0.885. The number of hydrogen-bond acceptors (Lipinski definition) is 8. The summed E-state index contributed by atoms with van der Waals surface area (Å²) in [5.41, 5.74) is 0.0718. The van der Waals surface area contributed by atoms with E-state index in [-0.39, 0.29) is 36.1 Å². The van der Waals surface area contributed by atoms with Gasteiger partial charge in [-0.25, -0.2) is 9.78 Å². The van der Waals surface area contributed by atoms with Crippen LogP contribution in [0.25, 0.3) is 5.57 Å². The molecule has 30 heavy (non-hydrogen) atoms. The quantitative estimate of drug-likeness (QED) is 0.558. The fraction of sp³-hybridized carbons (Fsp3) is 0.278. The number of aromatic nitrogens is 1. The van der Waals surface area contributed by atoms with E-state index < -0.39 is 24.1 Å². The largest absolute Gasteiger partial charge is 0.477 e. The summed E-state index contributed by atoms with van der Waals surface area (Å²) in [7, 11) is 0. The van der Waals surface area contributed by atoms with Gasteiger partial charge in [-0.15, -0.1) is 11.3 Å². The molecule has 3 amide bonds. The molecule has 0 spiro atoms. The van der Waals surface area contributed by atoms with Gasteiger partial charge in [-0.2, -0.15) is 0 Å². The molecular formula is C18H16N4O6S2. The van der Waals surface area contributed by atoms with Crippen molar-refractivity contribution in [1.82, 2.24) is 15.2 Å². The Hall–Kier alpha value is -3.09. The number of fused-ring (bicyclic) bond motifs is 1. The van der Waals surface area contributed by atoms with Crippen molar-refractivity contribution in [3.05, 3.63) is 39.2 Å². The third-order valence-corrected chi connectivity index (χ3v) is 6.34. The van der Waals surface area contributed by atoms with E-state index in [4.69, 9.17) is 4.74 Å². The first-order valence-corrected chi connectivity index (χ1v) is 10.5. The molecule has 3 N–H and O–H groups in total. The van der Waals surface area contributed by atoms with Crippen LogP contribution in [0.5, 0.6) is 0 Å². The first kappa shape index (κ1) is 20.2. The van der Waals surface area contributed by atoms with E-state index in [0.29, 0.717) is 10.0 Å². The zero-order valence-corrected chi connectivity index (χ0v) is 17.2. The van der Waals surface area contributed by atoms with Crippen LogP contribution in [0.3, 0.4) is 0 Å². The molecule has 0 aromatic carbocycles. The minimum atomic E-state index is -1.29. The summed E-state index contributed by atoms with van der Waals surface area (Å²) in [5.74, 6) is -2.49. The molecule has 12 heteroatoms. The van der Waals surface area contributed by atoms with Gasteiger partial charge in [0.25, 0.3) is 5.91 Å². The molecule has 2 aliphatic heterocycles. The van der Waals surface area contributed by atoms with Crippen LogP contribution < -0.4 is 10.6 Å². The molecule has 4 rings (SSSR count). The van der Waals surface area contributed by atoms with Crippen LogP contribution >= 0.6 is 22.7 Å². The van der Waals surface area contributed by atoms with Gasteiger partial charge in [0.05, 0.1) is 17.9 Å². The van der Waals surface area contributed by atoms with Gasteiger partial charge in [0.2, 0.25) is 11.8 Å². The molecule has 0 bridgehead atoms. The maximum atomic E-state index is 12.6. The number of ether oxygens (including phenoxy) is 1. The predicted molar refractivity (Wildman–Crippen MR) is 108 cm³/mol. The number of rotatable bonds is 6. The molecule has 2 aliphatic rings. The molecule has 0 radical (unpaired) electrons. The van der Waals surface area contributed by atoms with Crippen molar-refractivity contribution in [2.45, 2.75) is 25.6 Å². The Morgan fingerprint density at radius 3 is 2.87 bits per heavy atom. The number of carboxylic acid groups (broad SMARTS) is 1. The highest BCUT2D eigenvalue weighted by Crippen LogP contribution is 2.38. The number of nitrogens with zero attached hydrogens (tertiary/aromatic N) is 2. The van der Waals surface area contributed by atoms with Crippen LogP contribution in [0, 0.1) is 0 Å². The third kappa shape index (κ3) is 3.72. The number of thiazole rings is 1. The molecule has 1 saturated heterocycles. The average molecular weight is 448 g/mol. The minimum Gasteiger partial charge on any atom is -0.477 e. The number of amides is 3. The second-order valence-electron chi connectivity index (χ2n) is 6.55. The number of carbonyl (C=O) groups is 4. The normalized spacial score (nSPS) is 20.4. The first-order valence-electron chi connectivity index (χ1n) is 8.82. The molecule has 4 heterocycles. The molecule has 10 nitrogen and oxygen atoms in total. The molecule has 156 valence electrons. The molecule has 1 fully saturated rings. The van der Waals surface area contributed by atoms with Gasteiger partial charge in [-0.3, -0.25) is 19.3 Å². The fourth-order valence-electron chi connectivity index (χ4n) is 3.23. The highest BCUT2D eigenvalue weighted by molar-refractivity contribution is 7.16. The third-order valence-electron chi connectivity index (χ3n) is 4.49. The van der Waals surface area contributed by atoms with Crippen molar-refractivity contribution in [1.29, 1.82) is 0 Å². The number of thiophene rings is 1. The maximum absolute atomic E-state index is 12.6. The Labute approximate surface area is 178 Å². The number of nitrogens with one attached hydrogen (secondary N) is 2. The second-order valence-corrected chi connectivity index (χ2v) is 8.62. The maximum Gasteiger partial charge on any atom is 0.353 e. The molecule has 2 atom stereocenters. The van der Waals surface area contributed by atoms with Crippen molar-refractivity contribution in [3.63, 3.8) is 0 Å². The van der Waals surface area contributed by atoms with Crippen molar-refractivity contribution in [2.75, 3.05) is 11.9 Å². The fourth-order valence-corrected chi connectivity index (χ4v) is 4.82. The van der Waals surface area contributed by atoms with Crippen molar-refractivity contribution < 1.29 is 29.0 Å². The highest BCUT2D eigenvalue weighted by Gasteiger charge is 2.55. The standard InChI is InChI=1S/C18H16N4O6S2/c1-8(23)20-18-19-6-11(30-18)10-7-28-16-13(15(25)22(16)14(10)17(26)27)21-12(24)5-9-3-2-4-29-9/h2-4,6,13,16H,5,7H2,1H3,(H,21,24)(H,26,27)(H,19,20,23). The monoisotopic (exact) mass is 448 g/mol. The Balaban J connectivity index is 1.53. The lowest BCUT2D eigenvalue weighted by Crippen LogP contribution is -2.72. The minimum absolute atomic E-state index is 0.0743. The summed E-state index contributed by atoms with van der Waals surface area (Å²) in [6.07, 6.45) is 0.665. The smallest absolute Gasteiger partial charge is 0.353 e. The number of anilines is 1. The van der Waals surface area contributed by atoms with Gasteiger partial charge in [-0.05, 0) is 11.4 Å². The Bertz CT molecular complexity index is 1060. The molecule has 0 saturated carbocycles. The van der Waals surface area contributed by atoms with Crippen LogP contribution in [-0.4, -0.2) is 57.6 Å². The van der Waals surface area contributed by atoms with Gasteiger partial charge < -0.3 is 20.5 Å². The van der Waals surface area contributed by atoms with Crippen LogP contribution in [0.4, 0.5) is 5.13 Å². The van der Waals surface area contributed by atoms with E-state index in [1.54, 1.807) is 0 Å². The van der Waals surface area contributed by atoms with Crippen molar-refractivity contribution >= 4 is 57.1 Å². The van der Waals surface area contributed by atoms with Crippen LogP contribution in [0.2, 0.25) is 0 Å². The SMILES string of the molecule is CC(=O)Nc1ncc(C2=C(C(=O)O)N3C(=O)C(NC(=O)Cc4cccs4)C3OC2)s1. The second kappa shape index (κ2) is 7.97. The lowest BCUT2D eigenvalue weighted by atomic mass is 9.98. The zero-order valence-electron chi connectivity index (χ0n) is 15.6. The number of β-lactam (4-membered cyclic amide) rings is 1. The molecular weight excluding hydrogens is 432 g/mol. The van der Waals surface area contributed by atoms with E-state index in [0.717, 1.165) is 21.1 Å². The van der Waals surface area contributed by atoms with E-state index >= 15 is 0 Å². The molecule has 2 aromatic rings. The van der Waals surface area contributed by atoms with Crippen LogP contribution in [0.1, 0.15) is 16.7 Å². The van der Waals surface area contributed by atoms with E-state index in [2.05, 4.69) is 15.6 Å². The zero-order chi connectivity index (χ0) is 21.4. The van der Waals surface area contributed by atoms with Crippen LogP contribution in [0.15, 0.2) is 29.4 Å². The van der Waals surface area contributed by atoms with E-state index in [1.165, 1.54) is 24.5 Å². The average Bonchev–Trinajstić information content (AvgIpc) is 3.36.